The minimum absolute atomic E-state index is 0.231. The first-order valence-electron chi connectivity index (χ1n) is 9.82. The third-order valence-electron chi connectivity index (χ3n) is 4.68. The van der Waals surface area contributed by atoms with Crippen LogP contribution in [0, 0.1) is 6.92 Å². The average Bonchev–Trinajstić information content (AvgIpc) is 2.79. The van der Waals surface area contributed by atoms with E-state index in [1.54, 1.807) is 25.3 Å². The molecule has 3 aromatic rings. The molecule has 0 atom stereocenters. The van der Waals surface area contributed by atoms with Gasteiger partial charge in [-0.05, 0) is 66.6 Å². The molecule has 6 nitrogen and oxygen atoms in total. The summed E-state index contributed by atoms with van der Waals surface area (Å²) >= 11 is 12.5. The topological polar surface area (TPSA) is 68.8 Å². The molecule has 0 aliphatic carbocycles. The third-order valence-corrected chi connectivity index (χ3v) is 5.37. The van der Waals surface area contributed by atoms with Gasteiger partial charge in [0.25, 0.3) is 5.91 Å². The number of ether oxygens (including phenoxy) is 3. The number of hydrogen-bond donors (Lipinski definition) is 2. The maximum atomic E-state index is 12.3. The molecule has 0 saturated heterocycles. The van der Waals surface area contributed by atoms with Gasteiger partial charge in [-0.1, -0.05) is 29.3 Å². The van der Waals surface area contributed by atoms with Crippen molar-refractivity contribution in [2.45, 2.75) is 13.5 Å². The van der Waals surface area contributed by atoms with Crippen molar-refractivity contribution in [3.63, 3.8) is 0 Å². The summed E-state index contributed by atoms with van der Waals surface area (Å²) in [5, 5.41) is 6.98. The van der Waals surface area contributed by atoms with Crippen LogP contribution in [0.25, 0.3) is 0 Å². The maximum Gasteiger partial charge on any atom is 0.262 e. The standard InChI is InChI=1S/C24H24Cl2N2O4/c1-15-4-5-18(12-20(15)25)28-23(29)14-32-24-21(26)10-16(11-22(24)31-3)13-27-17-6-8-19(30-2)9-7-17/h4-12,27H,13-14H2,1-3H3,(H,28,29). The number of amides is 1. The van der Waals surface area contributed by atoms with Crippen LogP contribution >= 0.6 is 23.2 Å². The Hall–Kier alpha value is -3.09. The van der Waals surface area contributed by atoms with E-state index in [2.05, 4.69) is 10.6 Å². The maximum absolute atomic E-state index is 12.3. The number of hydrogen-bond acceptors (Lipinski definition) is 5. The van der Waals surface area contributed by atoms with Gasteiger partial charge in [-0.3, -0.25) is 4.79 Å². The summed E-state index contributed by atoms with van der Waals surface area (Å²) in [5.41, 5.74) is 3.36. The fourth-order valence-electron chi connectivity index (χ4n) is 2.93. The van der Waals surface area contributed by atoms with Gasteiger partial charge >= 0.3 is 0 Å². The lowest BCUT2D eigenvalue weighted by Crippen LogP contribution is -2.20. The molecule has 1 amide bonds. The highest BCUT2D eigenvalue weighted by Crippen LogP contribution is 2.36. The van der Waals surface area contributed by atoms with E-state index in [1.807, 2.05) is 43.3 Å². The van der Waals surface area contributed by atoms with Gasteiger partial charge in [-0.25, -0.2) is 0 Å². The third kappa shape index (κ3) is 6.22. The predicted octanol–water partition coefficient (Wildman–Crippen LogP) is 5.95. The van der Waals surface area contributed by atoms with Crippen LogP contribution in [0.5, 0.6) is 17.2 Å². The Morgan fingerprint density at radius 1 is 0.906 bits per heavy atom. The van der Waals surface area contributed by atoms with E-state index in [4.69, 9.17) is 37.4 Å². The molecular formula is C24H24Cl2N2O4. The van der Waals surface area contributed by atoms with Crippen molar-refractivity contribution in [2.24, 2.45) is 0 Å². The summed E-state index contributed by atoms with van der Waals surface area (Å²) in [6, 6.07) is 16.5. The van der Waals surface area contributed by atoms with Crippen LogP contribution in [0.3, 0.4) is 0 Å². The number of rotatable bonds is 9. The summed E-state index contributed by atoms with van der Waals surface area (Å²) in [7, 11) is 3.15. The van der Waals surface area contributed by atoms with Gasteiger partial charge in [-0.15, -0.1) is 0 Å². The molecule has 3 aromatic carbocycles. The van der Waals surface area contributed by atoms with Gasteiger partial charge in [0.1, 0.15) is 5.75 Å². The molecule has 0 saturated carbocycles. The fraction of sp³-hybridized carbons (Fsp3) is 0.208. The van der Waals surface area contributed by atoms with Crippen molar-refractivity contribution in [1.29, 1.82) is 0 Å². The van der Waals surface area contributed by atoms with Gasteiger partial charge in [0.15, 0.2) is 18.1 Å². The number of aryl methyl sites for hydroxylation is 1. The summed E-state index contributed by atoms with van der Waals surface area (Å²) in [6.45, 7) is 2.18. The molecule has 3 rings (SSSR count). The van der Waals surface area contributed by atoms with Gasteiger partial charge < -0.3 is 24.8 Å². The Morgan fingerprint density at radius 2 is 1.62 bits per heavy atom. The lowest BCUT2D eigenvalue weighted by molar-refractivity contribution is -0.118. The minimum atomic E-state index is -0.340. The van der Waals surface area contributed by atoms with Crippen LogP contribution in [0.1, 0.15) is 11.1 Å². The number of carbonyl (C=O) groups is 1. The number of benzene rings is 3. The van der Waals surface area contributed by atoms with E-state index in [1.165, 1.54) is 7.11 Å². The average molecular weight is 475 g/mol. The van der Waals surface area contributed by atoms with E-state index in [0.29, 0.717) is 33.8 Å². The molecular weight excluding hydrogens is 451 g/mol. The number of carbonyl (C=O) groups excluding carboxylic acids is 1. The molecule has 0 heterocycles. The fourth-order valence-corrected chi connectivity index (χ4v) is 3.40. The molecule has 0 spiro atoms. The van der Waals surface area contributed by atoms with Crippen molar-refractivity contribution in [1.82, 2.24) is 0 Å². The zero-order valence-electron chi connectivity index (χ0n) is 18.0. The number of anilines is 2. The normalized spacial score (nSPS) is 10.4. The molecule has 0 aromatic heterocycles. The lowest BCUT2D eigenvalue weighted by atomic mass is 10.2. The van der Waals surface area contributed by atoms with Crippen LogP contribution in [-0.4, -0.2) is 26.7 Å². The lowest BCUT2D eigenvalue weighted by Gasteiger charge is -2.15. The monoisotopic (exact) mass is 474 g/mol. The van der Waals surface area contributed by atoms with Crippen molar-refractivity contribution >= 4 is 40.5 Å². The van der Waals surface area contributed by atoms with Gasteiger partial charge in [0.2, 0.25) is 0 Å². The molecule has 2 N–H and O–H groups in total. The molecule has 0 aliphatic rings. The van der Waals surface area contributed by atoms with Gasteiger partial charge in [-0.2, -0.15) is 0 Å². The van der Waals surface area contributed by atoms with Crippen molar-refractivity contribution in [3.05, 3.63) is 75.8 Å². The Morgan fingerprint density at radius 3 is 2.28 bits per heavy atom. The Bertz CT molecular complexity index is 1090. The number of nitrogens with one attached hydrogen (secondary N) is 2. The second-order valence-corrected chi connectivity index (χ2v) is 7.81. The largest absolute Gasteiger partial charge is 0.497 e. The van der Waals surface area contributed by atoms with Gasteiger partial charge in [0, 0.05) is 22.9 Å². The first-order valence-corrected chi connectivity index (χ1v) is 10.6. The van der Waals surface area contributed by atoms with Crippen LogP contribution in [-0.2, 0) is 11.3 Å². The molecule has 168 valence electrons. The zero-order chi connectivity index (χ0) is 23.1. The smallest absolute Gasteiger partial charge is 0.262 e. The zero-order valence-corrected chi connectivity index (χ0v) is 19.5. The van der Waals surface area contributed by atoms with E-state index >= 15 is 0 Å². The number of halogens is 2. The molecule has 0 aliphatic heterocycles. The summed E-state index contributed by atoms with van der Waals surface area (Å²) in [4.78, 5) is 12.3. The van der Waals surface area contributed by atoms with Crippen molar-refractivity contribution in [3.8, 4) is 17.2 Å². The highest BCUT2D eigenvalue weighted by atomic mass is 35.5. The predicted molar refractivity (Wildman–Crippen MR) is 129 cm³/mol. The van der Waals surface area contributed by atoms with Crippen molar-refractivity contribution < 1.29 is 19.0 Å². The molecule has 0 bridgehead atoms. The molecule has 8 heteroatoms. The number of methoxy groups -OCH3 is 2. The van der Waals surface area contributed by atoms with Crippen LogP contribution in [0.4, 0.5) is 11.4 Å². The first kappa shape index (κ1) is 23.6. The summed E-state index contributed by atoms with van der Waals surface area (Å²) < 4.78 is 16.2. The van der Waals surface area contributed by atoms with Crippen molar-refractivity contribution in [2.75, 3.05) is 31.5 Å². The summed E-state index contributed by atoms with van der Waals surface area (Å²) in [5.74, 6) is 1.19. The van der Waals surface area contributed by atoms with E-state index < -0.39 is 0 Å². The molecule has 0 unspecified atom stereocenters. The second-order valence-electron chi connectivity index (χ2n) is 6.99. The molecule has 0 radical (unpaired) electrons. The molecule has 32 heavy (non-hydrogen) atoms. The van der Waals surface area contributed by atoms with E-state index in [9.17, 15) is 4.79 Å². The quantitative estimate of drug-likeness (QED) is 0.401. The van der Waals surface area contributed by atoms with Crippen LogP contribution in [0.15, 0.2) is 54.6 Å². The second kappa shape index (κ2) is 11.0. The van der Waals surface area contributed by atoms with E-state index in [0.717, 1.165) is 22.6 Å². The summed E-state index contributed by atoms with van der Waals surface area (Å²) in [6.07, 6.45) is 0. The SMILES string of the molecule is COc1ccc(NCc2cc(Cl)c(OCC(=O)Nc3ccc(C)c(Cl)c3)c(OC)c2)cc1. The molecule has 0 fully saturated rings. The van der Waals surface area contributed by atoms with Crippen LogP contribution in [0.2, 0.25) is 10.0 Å². The highest BCUT2D eigenvalue weighted by Gasteiger charge is 2.14. The highest BCUT2D eigenvalue weighted by molar-refractivity contribution is 6.32. The van der Waals surface area contributed by atoms with E-state index in [-0.39, 0.29) is 12.5 Å². The minimum Gasteiger partial charge on any atom is -0.497 e. The Balaban J connectivity index is 1.62. The van der Waals surface area contributed by atoms with Crippen LogP contribution < -0.4 is 24.8 Å². The first-order chi connectivity index (χ1) is 15.4. The Kier molecular flexibility index (Phi) is 8.09. The van der Waals surface area contributed by atoms with Gasteiger partial charge in [0.05, 0.1) is 19.2 Å². The Labute approximate surface area is 197 Å².